The number of fused-ring (bicyclic) bond motifs is 2. The Morgan fingerprint density at radius 1 is 1.28 bits per heavy atom. The Morgan fingerprint density at radius 3 is 2.76 bits per heavy atom. The first-order valence-corrected chi connectivity index (χ1v) is 10.7. The molecule has 0 unspecified atom stereocenters. The van der Waals surface area contributed by atoms with Gasteiger partial charge >= 0.3 is 16.4 Å². The summed E-state index contributed by atoms with van der Waals surface area (Å²) < 4.78 is 37.1. The van der Waals surface area contributed by atoms with Gasteiger partial charge in [0.15, 0.2) is 0 Å². The maximum atomic E-state index is 12.5. The average molecular weight is 429 g/mol. The molecule has 1 aromatic rings. The standard InChI is InChI=1S/C16H23N5O7S/c22-15(18-27-10-11-7-13(8-17-11)19-5-1-2-6-19)14-4-3-12-9-20(14)16(23)21(12)28-29(24,25)26/h1-2,5-6,11-14,17H,3-4,7-10H2,(H,18,22)(H,24,25,26)/t11-,12+,13+,14-/m0/s1. The monoisotopic (exact) mass is 429 g/mol. The lowest BCUT2D eigenvalue weighted by Crippen LogP contribution is -2.50. The van der Waals surface area contributed by atoms with Crippen molar-refractivity contribution in [1.29, 1.82) is 0 Å². The maximum absolute atomic E-state index is 12.5. The zero-order chi connectivity index (χ0) is 20.6. The number of carbonyl (C=O) groups excluding carboxylic acids is 2. The molecule has 3 fully saturated rings. The third-order valence-corrected chi connectivity index (χ3v) is 5.85. The van der Waals surface area contributed by atoms with Crippen LogP contribution in [-0.2, 0) is 24.3 Å². The number of carbonyl (C=O) groups is 2. The molecule has 12 nitrogen and oxygen atoms in total. The summed E-state index contributed by atoms with van der Waals surface area (Å²) in [5.74, 6) is -0.481. The van der Waals surface area contributed by atoms with Crippen LogP contribution < -0.4 is 10.8 Å². The van der Waals surface area contributed by atoms with Crippen molar-refractivity contribution in [2.24, 2.45) is 0 Å². The Kier molecular flexibility index (Phi) is 5.48. The molecule has 0 saturated carbocycles. The molecule has 13 heteroatoms. The predicted octanol–water partition coefficient (Wildman–Crippen LogP) is -0.558. The Labute approximate surface area is 167 Å². The third-order valence-electron chi connectivity index (χ3n) is 5.51. The summed E-state index contributed by atoms with van der Waals surface area (Å²) in [6, 6.07) is 2.25. The SMILES string of the molecule is O=C(NOC[C@@H]1C[C@@H](n2cccc2)CN1)[C@@H]1CC[C@@H]2CN1C(=O)N2OS(=O)(=O)O. The number of amides is 3. The van der Waals surface area contributed by atoms with Crippen LogP contribution in [0.2, 0.25) is 0 Å². The van der Waals surface area contributed by atoms with E-state index in [1.807, 2.05) is 24.5 Å². The largest absolute Gasteiger partial charge is 0.418 e. The van der Waals surface area contributed by atoms with Crippen LogP contribution in [0.1, 0.15) is 25.3 Å². The molecule has 3 amide bonds. The van der Waals surface area contributed by atoms with Crippen LogP contribution in [0.25, 0.3) is 0 Å². The van der Waals surface area contributed by atoms with Crippen LogP contribution in [0, 0.1) is 0 Å². The van der Waals surface area contributed by atoms with Gasteiger partial charge in [0.05, 0.1) is 12.6 Å². The minimum absolute atomic E-state index is 0.0884. The van der Waals surface area contributed by atoms with Crippen LogP contribution in [-0.4, -0.2) is 77.3 Å². The first kappa shape index (κ1) is 20.1. The van der Waals surface area contributed by atoms with Crippen LogP contribution in [0.5, 0.6) is 0 Å². The molecule has 0 aliphatic carbocycles. The minimum Gasteiger partial charge on any atom is -0.350 e. The molecule has 3 aliphatic heterocycles. The molecule has 3 N–H and O–H groups in total. The summed E-state index contributed by atoms with van der Waals surface area (Å²) in [6.45, 7) is 1.23. The third kappa shape index (κ3) is 4.38. The van der Waals surface area contributed by atoms with Crippen molar-refractivity contribution in [2.75, 3.05) is 19.7 Å². The van der Waals surface area contributed by atoms with Gasteiger partial charge in [-0.05, 0) is 31.4 Å². The van der Waals surface area contributed by atoms with Gasteiger partial charge in [0, 0.05) is 37.6 Å². The fourth-order valence-corrected chi connectivity index (χ4v) is 4.52. The van der Waals surface area contributed by atoms with E-state index in [0.717, 1.165) is 13.0 Å². The van der Waals surface area contributed by atoms with Crippen molar-refractivity contribution >= 4 is 22.3 Å². The van der Waals surface area contributed by atoms with Gasteiger partial charge in [-0.2, -0.15) is 13.5 Å². The van der Waals surface area contributed by atoms with Crippen molar-refractivity contribution in [3.63, 3.8) is 0 Å². The summed E-state index contributed by atoms with van der Waals surface area (Å²) in [7, 11) is -4.82. The van der Waals surface area contributed by atoms with Crippen molar-refractivity contribution < 1.29 is 31.7 Å². The molecular weight excluding hydrogens is 406 g/mol. The number of aromatic nitrogens is 1. The second-order valence-corrected chi connectivity index (χ2v) is 8.42. The van der Waals surface area contributed by atoms with E-state index in [2.05, 4.69) is 19.6 Å². The minimum atomic E-state index is -4.82. The van der Waals surface area contributed by atoms with Gasteiger partial charge in [0.25, 0.3) is 5.91 Å². The first-order chi connectivity index (χ1) is 13.8. The molecule has 1 aromatic heterocycles. The molecule has 0 radical (unpaired) electrons. The molecule has 29 heavy (non-hydrogen) atoms. The van der Waals surface area contributed by atoms with Crippen LogP contribution in [0.4, 0.5) is 4.79 Å². The van der Waals surface area contributed by atoms with E-state index >= 15 is 0 Å². The van der Waals surface area contributed by atoms with E-state index in [1.54, 1.807) is 0 Å². The number of nitrogens with zero attached hydrogens (tertiary/aromatic N) is 3. The zero-order valence-electron chi connectivity index (χ0n) is 15.5. The van der Waals surface area contributed by atoms with Crippen molar-refractivity contribution in [2.45, 2.75) is 43.4 Å². The fourth-order valence-electron chi connectivity index (χ4n) is 4.13. The summed E-state index contributed by atoms with van der Waals surface area (Å²) in [5.41, 5.74) is 2.39. The number of hydrogen-bond acceptors (Lipinski definition) is 7. The van der Waals surface area contributed by atoms with E-state index in [9.17, 15) is 18.0 Å². The molecule has 3 aliphatic rings. The highest BCUT2D eigenvalue weighted by Gasteiger charge is 2.49. The topological polar surface area (TPSA) is 142 Å². The van der Waals surface area contributed by atoms with Gasteiger partial charge < -0.3 is 14.8 Å². The Morgan fingerprint density at radius 2 is 2.03 bits per heavy atom. The first-order valence-electron chi connectivity index (χ1n) is 9.36. The van der Waals surface area contributed by atoms with E-state index in [0.29, 0.717) is 23.9 Å². The normalized spacial score (nSPS) is 29.5. The number of urea groups is 1. The highest BCUT2D eigenvalue weighted by Crippen LogP contribution is 2.30. The predicted molar refractivity (Wildman–Crippen MR) is 97.4 cm³/mol. The molecule has 4 heterocycles. The quantitative estimate of drug-likeness (QED) is 0.387. The number of nitrogens with one attached hydrogen (secondary N) is 2. The van der Waals surface area contributed by atoms with Crippen molar-refractivity contribution in [1.82, 2.24) is 25.3 Å². The molecular formula is C16H23N5O7S. The van der Waals surface area contributed by atoms with E-state index in [4.69, 9.17) is 9.39 Å². The van der Waals surface area contributed by atoms with Crippen LogP contribution >= 0.6 is 0 Å². The zero-order valence-corrected chi connectivity index (χ0v) is 16.3. The van der Waals surface area contributed by atoms with Crippen molar-refractivity contribution in [3.05, 3.63) is 24.5 Å². The fraction of sp³-hybridized carbons (Fsp3) is 0.625. The summed E-state index contributed by atoms with van der Waals surface area (Å²) in [6.07, 6.45) is 5.57. The second-order valence-electron chi connectivity index (χ2n) is 7.41. The number of rotatable bonds is 7. The number of piperidine rings is 1. The molecule has 160 valence electrons. The molecule has 3 saturated heterocycles. The molecule has 4 atom stereocenters. The maximum Gasteiger partial charge on any atom is 0.418 e. The van der Waals surface area contributed by atoms with Gasteiger partial charge in [-0.15, -0.1) is 4.28 Å². The summed E-state index contributed by atoms with van der Waals surface area (Å²) in [4.78, 5) is 31.4. The second kappa shape index (κ2) is 7.91. The Balaban J connectivity index is 1.25. The van der Waals surface area contributed by atoms with E-state index in [-0.39, 0.29) is 19.2 Å². The van der Waals surface area contributed by atoms with Gasteiger partial charge in [0.1, 0.15) is 6.04 Å². The van der Waals surface area contributed by atoms with Gasteiger partial charge in [-0.25, -0.2) is 10.3 Å². The lowest BCUT2D eigenvalue weighted by molar-refractivity contribution is -0.139. The van der Waals surface area contributed by atoms with E-state index < -0.39 is 34.4 Å². The van der Waals surface area contributed by atoms with Crippen LogP contribution in [0.3, 0.4) is 0 Å². The highest BCUT2D eigenvalue weighted by atomic mass is 32.3. The molecule has 0 aromatic carbocycles. The number of hydroxylamine groups is 3. The Bertz CT molecular complexity index is 861. The van der Waals surface area contributed by atoms with Crippen LogP contribution in [0.15, 0.2) is 24.5 Å². The average Bonchev–Trinajstić information content (AvgIpc) is 3.39. The summed E-state index contributed by atoms with van der Waals surface area (Å²) >= 11 is 0. The molecule has 2 bridgehead atoms. The number of hydrogen-bond donors (Lipinski definition) is 3. The Hall–Kier alpha value is -2.19. The molecule has 0 spiro atoms. The lowest BCUT2D eigenvalue weighted by atomic mass is 10.0. The van der Waals surface area contributed by atoms with Gasteiger partial charge in [-0.3, -0.25) is 14.2 Å². The van der Waals surface area contributed by atoms with E-state index in [1.165, 1.54) is 4.90 Å². The molecule has 4 rings (SSSR count). The van der Waals surface area contributed by atoms with Gasteiger partial charge in [0.2, 0.25) is 0 Å². The van der Waals surface area contributed by atoms with Crippen molar-refractivity contribution in [3.8, 4) is 0 Å². The smallest absolute Gasteiger partial charge is 0.350 e. The summed E-state index contributed by atoms with van der Waals surface area (Å²) in [5, 5.41) is 3.95. The highest BCUT2D eigenvalue weighted by molar-refractivity contribution is 7.80. The van der Waals surface area contributed by atoms with Gasteiger partial charge in [-0.1, -0.05) is 0 Å². The lowest BCUT2D eigenvalue weighted by Gasteiger charge is -2.29.